The molecule has 0 spiro atoms. The van der Waals surface area contributed by atoms with Crippen LogP contribution in [0.15, 0.2) is 24.3 Å². The maximum atomic E-state index is 10.8. The fourth-order valence-corrected chi connectivity index (χ4v) is 2.51. The van der Waals surface area contributed by atoms with Crippen LogP contribution in [0.4, 0.5) is 0 Å². The highest BCUT2D eigenvalue weighted by atomic mass is 31.1. The molecule has 0 saturated carbocycles. The summed E-state index contributed by atoms with van der Waals surface area (Å²) in [7, 11) is -2.92. The van der Waals surface area contributed by atoms with Gasteiger partial charge in [0.25, 0.3) is 0 Å². The van der Waals surface area contributed by atoms with E-state index in [-0.39, 0.29) is 0 Å². The van der Waals surface area contributed by atoms with E-state index in [4.69, 9.17) is 9.42 Å². The number of rotatable bonds is 8. The number of para-hydroxylation sites is 1. The summed E-state index contributed by atoms with van der Waals surface area (Å²) < 4.78 is 15.8. The third-order valence-electron chi connectivity index (χ3n) is 3.22. The zero-order chi connectivity index (χ0) is 13.4. The summed E-state index contributed by atoms with van der Waals surface area (Å²) in [5, 5.41) is 0. The summed E-state index contributed by atoms with van der Waals surface area (Å²) in [6.45, 7) is 4.39. The SMILES string of the molecule is CCCCC(CC)Cc1ccccc1O[PH](=O)O. The fourth-order valence-electron chi connectivity index (χ4n) is 2.12. The molecule has 0 aliphatic heterocycles. The van der Waals surface area contributed by atoms with Crippen LogP contribution in [0, 0.1) is 5.92 Å². The molecule has 0 saturated heterocycles. The van der Waals surface area contributed by atoms with Gasteiger partial charge in [0, 0.05) is 0 Å². The first-order chi connectivity index (χ1) is 8.67. The standard InChI is InChI=1S/C14H23O3P/c1-3-5-8-12(4-2)11-13-9-6-7-10-14(13)17-18(15)16/h6-7,9-10,12,18H,3-5,8,11H2,1-2H3,(H,15,16). The predicted octanol–water partition coefficient (Wildman–Crippen LogP) is 4.21. The largest absolute Gasteiger partial charge is 0.426 e. The van der Waals surface area contributed by atoms with Gasteiger partial charge in [-0.25, -0.2) is 4.57 Å². The van der Waals surface area contributed by atoms with Crippen LogP contribution in [0.3, 0.4) is 0 Å². The van der Waals surface area contributed by atoms with E-state index in [1.165, 1.54) is 19.3 Å². The number of hydrogen-bond acceptors (Lipinski definition) is 2. The van der Waals surface area contributed by atoms with Crippen molar-refractivity contribution in [2.75, 3.05) is 0 Å². The fraction of sp³-hybridized carbons (Fsp3) is 0.571. The van der Waals surface area contributed by atoms with E-state index in [0.29, 0.717) is 11.7 Å². The molecular formula is C14H23O3P. The summed E-state index contributed by atoms with van der Waals surface area (Å²) in [6.07, 6.45) is 5.69. The van der Waals surface area contributed by atoms with Crippen molar-refractivity contribution in [3.63, 3.8) is 0 Å². The lowest BCUT2D eigenvalue weighted by Gasteiger charge is -2.16. The highest BCUT2D eigenvalue weighted by Gasteiger charge is 2.11. The number of hydrogen-bond donors (Lipinski definition) is 1. The summed E-state index contributed by atoms with van der Waals surface area (Å²) in [6, 6.07) is 7.52. The van der Waals surface area contributed by atoms with Crippen molar-refractivity contribution in [3.05, 3.63) is 29.8 Å². The van der Waals surface area contributed by atoms with Gasteiger partial charge in [0.2, 0.25) is 0 Å². The quantitative estimate of drug-likeness (QED) is 0.720. The van der Waals surface area contributed by atoms with E-state index in [0.717, 1.165) is 18.4 Å². The summed E-state index contributed by atoms with van der Waals surface area (Å²) in [4.78, 5) is 8.89. The van der Waals surface area contributed by atoms with Crippen molar-refractivity contribution in [1.82, 2.24) is 0 Å². The second-order valence-corrected chi connectivity index (χ2v) is 5.33. The van der Waals surface area contributed by atoms with Crippen LogP contribution < -0.4 is 4.52 Å². The molecule has 102 valence electrons. The molecule has 0 aliphatic rings. The summed E-state index contributed by atoms with van der Waals surface area (Å²) in [5.74, 6) is 1.18. The predicted molar refractivity (Wildman–Crippen MR) is 75.3 cm³/mol. The second kappa shape index (κ2) is 8.34. The normalized spacial score (nSPS) is 14.2. The van der Waals surface area contributed by atoms with Gasteiger partial charge in [0.15, 0.2) is 0 Å². The molecule has 2 unspecified atom stereocenters. The van der Waals surface area contributed by atoms with Gasteiger partial charge in [-0.3, -0.25) is 0 Å². The van der Waals surface area contributed by atoms with Crippen molar-refractivity contribution >= 4 is 8.25 Å². The number of unbranched alkanes of at least 4 members (excludes halogenated alkanes) is 1. The molecule has 2 atom stereocenters. The number of benzene rings is 1. The lowest BCUT2D eigenvalue weighted by Crippen LogP contribution is -2.04. The first kappa shape index (κ1) is 15.3. The molecule has 0 aromatic heterocycles. The maximum absolute atomic E-state index is 10.8. The van der Waals surface area contributed by atoms with Gasteiger partial charge in [-0.1, -0.05) is 57.7 Å². The van der Waals surface area contributed by atoms with E-state index >= 15 is 0 Å². The Labute approximate surface area is 110 Å². The third kappa shape index (κ3) is 5.24. The van der Waals surface area contributed by atoms with Gasteiger partial charge in [-0.15, -0.1) is 0 Å². The van der Waals surface area contributed by atoms with Gasteiger partial charge < -0.3 is 9.42 Å². The first-order valence-corrected chi connectivity index (χ1v) is 7.92. The molecule has 0 fully saturated rings. The summed E-state index contributed by atoms with van der Waals surface area (Å²) in [5.41, 5.74) is 1.04. The molecule has 0 bridgehead atoms. The van der Waals surface area contributed by atoms with Crippen LogP contribution in [-0.4, -0.2) is 4.89 Å². The molecule has 3 nitrogen and oxygen atoms in total. The molecular weight excluding hydrogens is 247 g/mol. The molecule has 1 rings (SSSR count). The first-order valence-electron chi connectivity index (χ1n) is 6.66. The molecule has 1 aromatic rings. The van der Waals surface area contributed by atoms with Crippen LogP contribution in [0.2, 0.25) is 0 Å². The van der Waals surface area contributed by atoms with Crippen LogP contribution in [0.5, 0.6) is 5.75 Å². The topological polar surface area (TPSA) is 46.5 Å². The maximum Gasteiger partial charge on any atom is 0.365 e. The van der Waals surface area contributed by atoms with Crippen molar-refractivity contribution in [3.8, 4) is 5.75 Å². The Morgan fingerprint density at radius 1 is 1.33 bits per heavy atom. The van der Waals surface area contributed by atoms with Crippen molar-refractivity contribution in [2.24, 2.45) is 5.92 Å². The molecule has 4 heteroatoms. The molecule has 1 N–H and O–H groups in total. The van der Waals surface area contributed by atoms with E-state index in [9.17, 15) is 4.57 Å². The minimum Gasteiger partial charge on any atom is -0.426 e. The molecule has 0 heterocycles. The Morgan fingerprint density at radius 3 is 2.67 bits per heavy atom. The van der Waals surface area contributed by atoms with Gasteiger partial charge >= 0.3 is 8.25 Å². The van der Waals surface area contributed by atoms with Gasteiger partial charge in [0.1, 0.15) is 5.75 Å². The molecule has 0 radical (unpaired) electrons. The molecule has 0 aliphatic carbocycles. The van der Waals surface area contributed by atoms with E-state index in [2.05, 4.69) is 13.8 Å². The average molecular weight is 270 g/mol. The Bertz CT molecular complexity index is 379. The minimum atomic E-state index is -2.92. The minimum absolute atomic E-state index is 0.554. The lowest BCUT2D eigenvalue weighted by atomic mass is 9.92. The van der Waals surface area contributed by atoms with Crippen molar-refractivity contribution in [2.45, 2.75) is 46.0 Å². The monoisotopic (exact) mass is 270 g/mol. The molecule has 1 aromatic carbocycles. The van der Waals surface area contributed by atoms with Crippen LogP contribution in [0.1, 0.15) is 45.1 Å². The van der Waals surface area contributed by atoms with E-state index < -0.39 is 8.25 Å². The van der Waals surface area contributed by atoms with Crippen molar-refractivity contribution in [1.29, 1.82) is 0 Å². The second-order valence-electron chi connectivity index (χ2n) is 4.60. The van der Waals surface area contributed by atoms with E-state index in [1.54, 1.807) is 6.07 Å². The highest BCUT2D eigenvalue weighted by molar-refractivity contribution is 7.32. The highest BCUT2D eigenvalue weighted by Crippen LogP contribution is 2.30. The smallest absolute Gasteiger partial charge is 0.365 e. The zero-order valence-electron chi connectivity index (χ0n) is 11.2. The Kier molecular flexibility index (Phi) is 7.07. The zero-order valence-corrected chi connectivity index (χ0v) is 12.2. The Hall–Kier alpha value is -0.790. The molecule has 0 amide bonds. The lowest BCUT2D eigenvalue weighted by molar-refractivity contribution is 0.402. The van der Waals surface area contributed by atoms with E-state index in [1.807, 2.05) is 18.2 Å². The molecule has 18 heavy (non-hydrogen) atoms. The van der Waals surface area contributed by atoms with Gasteiger partial charge in [-0.05, 0) is 24.0 Å². The Morgan fingerprint density at radius 2 is 2.06 bits per heavy atom. The van der Waals surface area contributed by atoms with Crippen LogP contribution >= 0.6 is 8.25 Å². The van der Waals surface area contributed by atoms with Crippen LogP contribution in [-0.2, 0) is 11.0 Å². The van der Waals surface area contributed by atoms with Gasteiger partial charge in [-0.2, -0.15) is 0 Å². The summed E-state index contributed by atoms with van der Waals surface area (Å²) >= 11 is 0. The average Bonchev–Trinajstić information content (AvgIpc) is 2.35. The third-order valence-corrected chi connectivity index (χ3v) is 3.62. The van der Waals surface area contributed by atoms with Crippen molar-refractivity contribution < 1.29 is 14.0 Å². The van der Waals surface area contributed by atoms with Crippen LogP contribution in [0.25, 0.3) is 0 Å². The van der Waals surface area contributed by atoms with Gasteiger partial charge in [0.05, 0.1) is 0 Å². The Balaban J connectivity index is 2.72.